The van der Waals surface area contributed by atoms with E-state index in [9.17, 15) is 9.90 Å². The molecule has 4 heteroatoms. The molecule has 1 aromatic carbocycles. The summed E-state index contributed by atoms with van der Waals surface area (Å²) in [5.74, 6) is -0.706. The van der Waals surface area contributed by atoms with Gasteiger partial charge >= 0.3 is 5.97 Å². The molecular weight excluding hydrogens is 260 g/mol. The number of hydrogen-bond acceptors (Lipinski definition) is 3. The standard InChI is InChI=1S/C11H11BrO3/c1-7(10(13)11(14)15-2)8-3-5-9(12)6-4-8/h3-6,10,13H,1H2,2H3. The zero-order chi connectivity index (χ0) is 11.4. The zero-order valence-electron chi connectivity index (χ0n) is 8.24. The predicted molar refractivity (Wildman–Crippen MR) is 61.2 cm³/mol. The SMILES string of the molecule is C=C(c1ccc(Br)cc1)C(O)C(=O)OC. The van der Waals surface area contributed by atoms with Gasteiger partial charge in [0.15, 0.2) is 6.10 Å². The molecule has 0 saturated heterocycles. The molecule has 1 unspecified atom stereocenters. The second-order valence-electron chi connectivity index (χ2n) is 2.96. The Balaban J connectivity index is 2.85. The first-order valence-corrected chi connectivity index (χ1v) is 5.06. The fourth-order valence-corrected chi connectivity index (χ4v) is 1.34. The average molecular weight is 271 g/mol. The van der Waals surface area contributed by atoms with Crippen LogP contribution in [0.4, 0.5) is 0 Å². The number of carbonyl (C=O) groups excluding carboxylic acids is 1. The van der Waals surface area contributed by atoms with Gasteiger partial charge in [0, 0.05) is 4.47 Å². The van der Waals surface area contributed by atoms with Crippen LogP contribution in [0.5, 0.6) is 0 Å². The monoisotopic (exact) mass is 270 g/mol. The van der Waals surface area contributed by atoms with Crippen LogP contribution in [0.25, 0.3) is 5.57 Å². The quantitative estimate of drug-likeness (QED) is 0.855. The fraction of sp³-hybridized carbons (Fsp3) is 0.182. The number of esters is 1. The highest BCUT2D eigenvalue weighted by atomic mass is 79.9. The molecule has 15 heavy (non-hydrogen) atoms. The summed E-state index contributed by atoms with van der Waals surface area (Å²) in [6.45, 7) is 3.66. The minimum atomic E-state index is -1.31. The molecule has 1 rings (SSSR count). The molecule has 0 radical (unpaired) electrons. The number of rotatable bonds is 3. The molecule has 0 spiro atoms. The van der Waals surface area contributed by atoms with E-state index < -0.39 is 12.1 Å². The van der Waals surface area contributed by atoms with Crippen LogP contribution < -0.4 is 0 Å². The van der Waals surface area contributed by atoms with Gasteiger partial charge in [0.05, 0.1) is 7.11 Å². The van der Waals surface area contributed by atoms with E-state index >= 15 is 0 Å². The summed E-state index contributed by atoms with van der Waals surface area (Å²) in [5.41, 5.74) is 1.03. The Hall–Kier alpha value is -1.13. The average Bonchev–Trinajstić information content (AvgIpc) is 2.27. The van der Waals surface area contributed by atoms with Gasteiger partial charge in [-0.1, -0.05) is 34.6 Å². The Bertz CT molecular complexity index is 370. The minimum Gasteiger partial charge on any atom is -0.467 e. The van der Waals surface area contributed by atoms with Crippen LogP contribution in [0.1, 0.15) is 5.56 Å². The van der Waals surface area contributed by atoms with Crippen molar-refractivity contribution in [2.24, 2.45) is 0 Å². The maximum atomic E-state index is 11.1. The molecule has 1 N–H and O–H groups in total. The maximum Gasteiger partial charge on any atom is 0.339 e. The number of hydrogen-bond donors (Lipinski definition) is 1. The Kier molecular flexibility index (Phi) is 4.05. The van der Waals surface area contributed by atoms with Crippen molar-refractivity contribution in [1.29, 1.82) is 0 Å². The van der Waals surface area contributed by atoms with E-state index in [2.05, 4.69) is 27.2 Å². The third kappa shape index (κ3) is 2.91. The van der Waals surface area contributed by atoms with E-state index in [4.69, 9.17) is 0 Å². The predicted octanol–water partition coefficient (Wildman–Crippen LogP) is 2.00. The van der Waals surface area contributed by atoms with Gasteiger partial charge in [-0.25, -0.2) is 4.79 Å². The van der Waals surface area contributed by atoms with Crippen LogP contribution in [0, 0.1) is 0 Å². The molecular formula is C11H11BrO3. The largest absolute Gasteiger partial charge is 0.467 e. The van der Waals surface area contributed by atoms with Gasteiger partial charge < -0.3 is 9.84 Å². The summed E-state index contributed by atoms with van der Waals surface area (Å²) in [5, 5.41) is 9.52. The molecule has 1 aromatic rings. The highest BCUT2D eigenvalue weighted by Gasteiger charge is 2.19. The highest BCUT2D eigenvalue weighted by molar-refractivity contribution is 9.10. The van der Waals surface area contributed by atoms with Gasteiger partial charge in [-0.05, 0) is 23.3 Å². The molecule has 0 aliphatic rings. The molecule has 0 bridgehead atoms. The zero-order valence-corrected chi connectivity index (χ0v) is 9.82. The fourth-order valence-electron chi connectivity index (χ4n) is 1.08. The summed E-state index contributed by atoms with van der Waals surface area (Å²) >= 11 is 3.29. The second kappa shape index (κ2) is 5.09. The lowest BCUT2D eigenvalue weighted by Gasteiger charge is -2.11. The van der Waals surface area contributed by atoms with Crippen molar-refractivity contribution in [2.45, 2.75) is 6.10 Å². The van der Waals surface area contributed by atoms with Crippen LogP contribution in [0.15, 0.2) is 35.3 Å². The van der Waals surface area contributed by atoms with Crippen LogP contribution in [-0.4, -0.2) is 24.3 Å². The van der Waals surface area contributed by atoms with Crippen molar-refractivity contribution in [3.8, 4) is 0 Å². The topological polar surface area (TPSA) is 46.5 Å². The number of ether oxygens (including phenoxy) is 1. The van der Waals surface area contributed by atoms with Gasteiger partial charge in [0.1, 0.15) is 0 Å². The van der Waals surface area contributed by atoms with Crippen molar-refractivity contribution in [2.75, 3.05) is 7.11 Å². The van der Waals surface area contributed by atoms with Crippen LogP contribution in [-0.2, 0) is 9.53 Å². The van der Waals surface area contributed by atoms with Crippen molar-refractivity contribution >= 4 is 27.5 Å². The van der Waals surface area contributed by atoms with Gasteiger partial charge in [-0.2, -0.15) is 0 Å². The molecule has 0 aliphatic carbocycles. The Morgan fingerprint density at radius 2 is 2.00 bits per heavy atom. The lowest BCUT2D eigenvalue weighted by Crippen LogP contribution is -2.22. The normalized spacial score (nSPS) is 11.9. The molecule has 0 heterocycles. The summed E-state index contributed by atoms with van der Waals surface area (Å²) < 4.78 is 5.34. The van der Waals surface area contributed by atoms with Crippen LogP contribution in [0.3, 0.4) is 0 Å². The van der Waals surface area contributed by atoms with Gasteiger partial charge in [0.25, 0.3) is 0 Å². The van der Waals surface area contributed by atoms with E-state index in [0.29, 0.717) is 11.1 Å². The first-order valence-electron chi connectivity index (χ1n) is 4.27. The van der Waals surface area contributed by atoms with E-state index in [-0.39, 0.29) is 0 Å². The van der Waals surface area contributed by atoms with Gasteiger partial charge in [-0.15, -0.1) is 0 Å². The smallest absolute Gasteiger partial charge is 0.339 e. The summed E-state index contributed by atoms with van der Waals surface area (Å²) in [4.78, 5) is 11.1. The molecule has 3 nitrogen and oxygen atoms in total. The summed E-state index contributed by atoms with van der Waals surface area (Å²) in [6, 6.07) is 7.15. The number of aliphatic hydroxyl groups excluding tert-OH is 1. The lowest BCUT2D eigenvalue weighted by atomic mass is 10.0. The number of benzene rings is 1. The first kappa shape index (κ1) is 11.9. The number of halogens is 1. The molecule has 0 saturated carbocycles. The Labute approximate surface area is 96.5 Å². The molecule has 0 amide bonds. The maximum absolute atomic E-state index is 11.1. The molecule has 1 atom stereocenters. The van der Waals surface area contributed by atoms with Crippen molar-refractivity contribution in [3.63, 3.8) is 0 Å². The number of methoxy groups -OCH3 is 1. The van der Waals surface area contributed by atoms with Crippen molar-refractivity contribution < 1.29 is 14.6 Å². The highest BCUT2D eigenvalue weighted by Crippen LogP contribution is 2.19. The first-order chi connectivity index (χ1) is 7.06. The minimum absolute atomic E-state index is 0.328. The summed E-state index contributed by atoms with van der Waals surface area (Å²) in [7, 11) is 1.22. The van der Waals surface area contributed by atoms with Crippen LogP contribution in [0.2, 0.25) is 0 Å². The molecule has 0 aliphatic heterocycles. The third-order valence-corrected chi connectivity index (χ3v) is 2.50. The third-order valence-electron chi connectivity index (χ3n) is 1.97. The van der Waals surface area contributed by atoms with Gasteiger partial charge in [-0.3, -0.25) is 0 Å². The van der Waals surface area contributed by atoms with E-state index in [1.54, 1.807) is 12.1 Å². The number of aliphatic hydroxyl groups is 1. The second-order valence-corrected chi connectivity index (χ2v) is 3.87. The number of carbonyl (C=O) groups is 1. The lowest BCUT2D eigenvalue weighted by molar-refractivity contribution is -0.147. The van der Waals surface area contributed by atoms with E-state index in [1.807, 2.05) is 12.1 Å². The van der Waals surface area contributed by atoms with E-state index in [0.717, 1.165) is 4.47 Å². The molecule has 80 valence electrons. The summed E-state index contributed by atoms with van der Waals surface area (Å²) in [6.07, 6.45) is -1.31. The molecule has 0 aromatic heterocycles. The van der Waals surface area contributed by atoms with Crippen molar-refractivity contribution in [1.82, 2.24) is 0 Å². The van der Waals surface area contributed by atoms with Gasteiger partial charge in [0.2, 0.25) is 0 Å². The molecule has 0 fully saturated rings. The van der Waals surface area contributed by atoms with Crippen LogP contribution >= 0.6 is 15.9 Å². The van der Waals surface area contributed by atoms with Crippen molar-refractivity contribution in [3.05, 3.63) is 40.9 Å². The Morgan fingerprint density at radius 1 is 1.47 bits per heavy atom. The Morgan fingerprint density at radius 3 is 2.47 bits per heavy atom. The van der Waals surface area contributed by atoms with E-state index in [1.165, 1.54) is 7.11 Å².